The minimum atomic E-state index is -0.392. The van der Waals surface area contributed by atoms with E-state index in [9.17, 15) is 14.0 Å². The predicted octanol–water partition coefficient (Wildman–Crippen LogP) is 1.44. The van der Waals surface area contributed by atoms with Gasteiger partial charge in [0, 0.05) is 31.7 Å². The molecule has 1 N–H and O–H groups in total. The molecule has 2 saturated heterocycles. The van der Waals surface area contributed by atoms with Crippen LogP contribution in [0, 0.1) is 5.82 Å². The number of piperazine rings is 1. The van der Waals surface area contributed by atoms with Crippen molar-refractivity contribution in [1.82, 2.24) is 15.1 Å². The number of urea groups is 1. The minimum Gasteiger partial charge on any atom is -0.336 e. The maximum Gasteiger partial charge on any atom is 0.317 e. The van der Waals surface area contributed by atoms with E-state index in [1.807, 2.05) is 0 Å². The summed E-state index contributed by atoms with van der Waals surface area (Å²) in [6, 6.07) is 4.21. The Bertz CT molecular complexity index is 581. The van der Waals surface area contributed by atoms with Gasteiger partial charge in [0.25, 0.3) is 5.91 Å². The third kappa shape index (κ3) is 2.26. The Kier molecular flexibility index (Phi) is 3.37. The molecule has 7 heteroatoms. The maximum absolute atomic E-state index is 13.2. The average molecular weight is 342 g/mol. The zero-order valence-corrected chi connectivity index (χ0v) is 12.2. The molecule has 0 saturated carbocycles. The predicted molar refractivity (Wildman–Crippen MR) is 73.9 cm³/mol. The zero-order chi connectivity index (χ0) is 14.3. The summed E-state index contributed by atoms with van der Waals surface area (Å²) in [5.41, 5.74) is 0.448. The summed E-state index contributed by atoms with van der Waals surface area (Å²) in [6.07, 6.45) is 0. The van der Waals surface area contributed by atoms with Crippen LogP contribution >= 0.6 is 15.9 Å². The number of amides is 3. The van der Waals surface area contributed by atoms with Crippen LogP contribution in [0.2, 0.25) is 0 Å². The van der Waals surface area contributed by atoms with Crippen molar-refractivity contribution in [3.63, 3.8) is 0 Å². The number of carbonyl (C=O) groups excluding carboxylic acids is 2. The normalized spacial score (nSPS) is 21.7. The molecule has 0 radical (unpaired) electrons. The lowest BCUT2D eigenvalue weighted by Gasteiger charge is -2.36. The molecule has 3 amide bonds. The minimum absolute atomic E-state index is 0.0316. The quantitative estimate of drug-likeness (QED) is 0.840. The van der Waals surface area contributed by atoms with Crippen LogP contribution in [0.3, 0.4) is 0 Å². The molecule has 1 aromatic rings. The van der Waals surface area contributed by atoms with Gasteiger partial charge in [-0.3, -0.25) is 4.79 Å². The number of hydrogen-bond acceptors (Lipinski definition) is 2. The molecule has 106 valence electrons. The van der Waals surface area contributed by atoms with E-state index in [1.165, 1.54) is 18.2 Å². The fraction of sp³-hybridized carbons (Fsp3) is 0.385. The molecule has 5 nitrogen and oxygen atoms in total. The Morgan fingerprint density at radius 1 is 1.40 bits per heavy atom. The molecule has 1 atom stereocenters. The smallest absolute Gasteiger partial charge is 0.317 e. The van der Waals surface area contributed by atoms with Crippen LogP contribution in [-0.4, -0.2) is 54.0 Å². The molecular formula is C13H13BrFN3O2. The first-order valence-electron chi connectivity index (χ1n) is 6.35. The van der Waals surface area contributed by atoms with Crippen molar-refractivity contribution in [1.29, 1.82) is 0 Å². The van der Waals surface area contributed by atoms with Gasteiger partial charge in [-0.25, -0.2) is 9.18 Å². The second-order valence-electron chi connectivity index (χ2n) is 4.91. The Morgan fingerprint density at radius 2 is 2.20 bits per heavy atom. The Hall–Kier alpha value is -1.63. The molecule has 1 unspecified atom stereocenters. The standard InChI is InChI=1S/C13H13BrFN3O2/c14-10-5-8(1-2-11(10)15)12(19)17-3-4-18-9(7-17)6-16-13(18)20/h1-2,5,9H,3-4,6-7H2,(H,16,20). The van der Waals surface area contributed by atoms with Crippen molar-refractivity contribution < 1.29 is 14.0 Å². The number of fused-ring (bicyclic) bond motifs is 1. The highest BCUT2D eigenvalue weighted by atomic mass is 79.9. The lowest BCUT2D eigenvalue weighted by Crippen LogP contribution is -2.53. The topological polar surface area (TPSA) is 52.7 Å². The van der Waals surface area contributed by atoms with E-state index in [0.29, 0.717) is 31.7 Å². The van der Waals surface area contributed by atoms with Crippen LogP contribution in [0.1, 0.15) is 10.4 Å². The van der Waals surface area contributed by atoms with Crippen molar-refractivity contribution in [3.8, 4) is 0 Å². The van der Waals surface area contributed by atoms with Gasteiger partial charge in [0.15, 0.2) is 0 Å². The first-order valence-corrected chi connectivity index (χ1v) is 7.14. The summed E-state index contributed by atoms with van der Waals surface area (Å²) in [5.74, 6) is -0.526. The molecule has 2 aliphatic heterocycles. The summed E-state index contributed by atoms with van der Waals surface area (Å²) >= 11 is 3.08. The van der Waals surface area contributed by atoms with Gasteiger partial charge in [-0.2, -0.15) is 0 Å². The summed E-state index contributed by atoms with van der Waals surface area (Å²) in [4.78, 5) is 27.4. The highest BCUT2D eigenvalue weighted by molar-refractivity contribution is 9.10. The summed E-state index contributed by atoms with van der Waals surface area (Å²) < 4.78 is 13.5. The monoisotopic (exact) mass is 341 g/mol. The maximum atomic E-state index is 13.2. The third-order valence-electron chi connectivity index (χ3n) is 3.69. The molecule has 2 aliphatic rings. The van der Waals surface area contributed by atoms with Crippen LogP contribution in [0.15, 0.2) is 22.7 Å². The molecule has 2 fully saturated rings. The molecule has 0 spiro atoms. The molecule has 0 bridgehead atoms. The van der Waals surface area contributed by atoms with Crippen molar-refractivity contribution in [2.45, 2.75) is 6.04 Å². The van der Waals surface area contributed by atoms with Crippen molar-refractivity contribution in [2.75, 3.05) is 26.2 Å². The summed E-state index contributed by atoms with van der Waals surface area (Å²) in [5, 5.41) is 2.77. The average Bonchev–Trinajstić information content (AvgIpc) is 2.82. The van der Waals surface area contributed by atoms with Gasteiger partial charge < -0.3 is 15.1 Å². The Balaban J connectivity index is 1.75. The first-order chi connectivity index (χ1) is 9.56. The van der Waals surface area contributed by atoms with E-state index in [2.05, 4.69) is 21.2 Å². The van der Waals surface area contributed by atoms with Gasteiger partial charge >= 0.3 is 6.03 Å². The number of carbonyl (C=O) groups is 2. The van der Waals surface area contributed by atoms with Crippen molar-refractivity contribution in [3.05, 3.63) is 34.1 Å². The number of benzene rings is 1. The van der Waals surface area contributed by atoms with Crippen LogP contribution in [-0.2, 0) is 0 Å². The number of halogens is 2. The van der Waals surface area contributed by atoms with Gasteiger partial charge in [-0.05, 0) is 34.1 Å². The number of hydrogen-bond donors (Lipinski definition) is 1. The zero-order valence-electron chi connectivity index (χ0n) is 10.6. The second-order valence-corrected chi connectivity index (χ2v) is 5.77. The number of rotatable bonds is 1. The molecule has 1 aromatic carbocycles. The van der Waals surface area contributed by atoms with Gasteiger partial charge in [-0.15, -0.1) is 0 Å². The number of nitrogens with one attached hydrogen (secondary N) is 1. The van der Waals surface area contributed by atoms with Crippen LogP contribution in [0.4, 0.5) is 9.18 Å². The highest BCUT2D eigenvalue weighted by Crippen LogP contribution is 2.20. The molecule has 3 rings (SSSR count). The van der Waals surface area contributed by atoms with Gasteiger partial charge in [0.1, 0.15) is 5.82 Å². The van der Waals surface area contributed by atoms with E-state index in [0.717, 1.165) is 0 Å². The Morgan fingerprint density at radius 3 is 2.95 bits per heavy atom. The summed E-state index contributed by atoms with van der Waals surface area (Å²) in [7, 11) is 0. The van der Waals surface area contributed by atoms with Crippen molar-refractivity contribution in [2.24, 2.45) is 0 Å². The molecule has 0 aromatic heterocycles. The van der Waals surface area contributed by atoms with Gasteiger partial charge in [-0.1, -0.05) is 0 Å². The lowest BCUT2D eigenvalue weighted by molar-refractivity contribution is 0.0617. The third-order valence-corrected chi connectivity index (χ3v) is 4.29. The van der Waals surface area contributed by atoms with Gasteiger partial charge in [0.2, 0.25) is 0 Å². The fourth-order valence-electron chi connectivity index (χ4n) is 2.60. The van der Waals surface area contributed by atoms with Crippen LogP contribution in [0.5, 0.6) is 0 Å². The molecule has 20 heavy (non-hydrogen) atoms. The molecule has 0 aliphatic carbocycles. The van der Waals surface area contributed by atoms with Gasteiger partial charge in [0.05, 0.1) is 10.5 Å². The van der Waals surface area contributed by atoms with Crippen LogP contribution < -0.4 is 5.32 Å². The van der Waals surface area contributed by atoms with E-state index in [1.54, 1.807) is 9.80 Å². The Labute approximate surface area is 123 Å². The van der Waals surface area contributed by atoms with E-state index in [-0.39, 0.29) is 22.5 Å². The van der Waals surface area contributed by atoms with E-state index in [4.69, 9.17) is 0 Å². The first kappa shape index (κ1) is 13.4. The SMILES string of the molecule is O=C(c1ccc(F)c(Br)c1)N1CCN2C(=O)NCC2C1. The molecular weight excluding hydrogens is 329 g/mol. The van der Waals surface area contributed by atoms with E-state index >= 15 is 0 Å². The van der Waals surface area contributed by atoms with Crippen LogP contribution in [0.25, 0.3) is 0 Å². The van der Waals surface area contributed by atoms with Crippen molar-refractivity contribution >= 4 is 27.9 Å². The van der Waals surface area contributed by atoms with E-state index < -0.39 is 5.82 Å². The fourth-order valence-corrected chi connectivity index (χ4v) is 2.98. The largest absolute Gasteiger partial charge is 0.336 e. The molecule has 2 heterocycles. The number of nitrogens with zero attached hydrogens (tertiary/aromatic N) is 2. The lowest BCUT2D eigenvalue weighted by atomic mass is 10.1. The summed E-state index contributed by atoms with van der Waals surface area (Å²) in [6.45, 7) is 2.10. The second kappa shape index (κ2) is 5.05. The highest BCUT2D eigenvalue weighted by Gasteiger charge is 2.37.